The van der Waals surface area contributed by atoms with Crippen molar-refractivity contribution in [2.45, 2.75) is 127 Å². The molecule has 10 heteroatoms. The molecule has 4 aliphatic carbocycles. The van der Waals surface area contributed by atoms with Crippen molar-refractivity contribution in [3.8, 4) is 0 Å². The maximum absolute atomic E-state index is 12.3. The smallest absolute Gasteiger partial charge is 0.229 e. The van der Waals surface area contributed by atoms with Crippen molar-refractivity contribution in [1.82, 2.24) is 0 Å². The lowest BCUT2D eigenvalue weighted by atomic mass is 9.43. The fraction of sp³-hybridized carbons (Fsp3) is 1.00. The third kappa shape index (κ3) is 4.33. The second kappa shape index (κ2) is 10.2. The summed E-state index contributed by atoms with van der Waals surface area (Å²) in [6, 6.07) is 0. The summed E-state index contributed by atoms with van der Waals surface area (Å²) < 4.78 is 17.5. The molecule has 0 amide bonds. The molecule has 0 aromatic carbocycles. The Bertz CT molecular complexity index is 890. The molecule has 4 N–H and O–H groups in total. The molecule has 0 radical (unpaired) electrons. The molecule has 1 heterocycles. The van der Waals surface area contributed by atoms with Crippen LogP contribution in [0.3, 0.4) is 0 Å². The third-order valence-corrected chi connectivity index (χ3v) is 12.1. The zero-order valence-electron chi connectivity index (χ0n) is 23.2. The number of methoxy groups -OCH3 is 1. The fourth-order valence-corrected chi connectivity index (χ4v) is 9.78. The summed E-state index contributed by atoms with van der Waals surface area (Å²) in [7, 11) is 1.55. The minimum atomic E-state index is -1.30. The summed E-state index contributed by atoms with van der Waals surface area (Å²) in [6.45, 7) is 5.96. The van der Waals surface area contributed by atoms with Crippen LogP contribution in [0.15, 0.2) is 0 Å². The van der Waals surface area contributed by atoms with Gasteiger partial charge in [-0.15, -0.1) is 0 Å². The standard InChI is InChI=1S/C28H47NO9/c1-15-22(30)23(31)24(32)25(37-15)38-17-7-10-26(2)16(13-17)5-6-19-18(26)8-11-27(3)20(9-12-28(19,27)33)21(36-4)14-29(34)35/h15-25,30-33H,5-14H2,1-4H3/t15-,16+,17?,18?,19?,20+,21?,22-,23+,24+,25-,26-,27+,28-/m0/s1. The van der Waals surface area contributed by atoms with Gasteiger partial charge in [-0.05, 0) is 93.8 Å². The van der Waals surface area contributed by atoms with E-state index in [4.69, 9.17) is 14.2 Å². The van der Waals surface area contributed by atoms with Crippen LogP contribution >= 0.6 is 0 Å². The number of aliphatic hydroxyl groups is 4. The summed E-state index contributed by atoms with van der Waals surface area (Å²) in [6.07, 6.45) is 1.84. The van der Waals surface area contributed by atoms with E-state index in [1.54, 1.807) is 14.0 Å². The van der Waals surface area contributed by atoms with Gasteiger partial charge in [0.15, 0.2) is 6.29 Å². The Hall–Kier alpha value is -0.880. The highest BCUT2D eigenvalue weighted by Gasteiger charge is 2.68. The molecule has 5 aliphatic rings. The van der Waals surface area contributed by atoms with Crippen molar-refractivity contribution >= 4 is 0 Å². The van der Waals surface area contributed by atoms with Gasteiger partial charge in [0, 0.05) is 17.4 Å². The Morgan fingerprint density at radius 3 is 2.42 bits per heavy atom. The van der Waals surface area contributed by atoms with Crippen molar-refractivity contribution in [3.05, 3.63) is 10.1 Å². The first-order valence-electron chi connectivity index (χ1n) is 14.6. The SMILES string of the molecule is COC(C[N+](=O)[O-])[C@H]1CC[C@]2(O)C3CC[C@@H]4CC(O[C@@H]5O[C@@H](C)[C@H](O)[C@@H](O)[C@H]5O)CC[C@]4(C)C3CC[C@]12C. The Labute approximate surface area is 225 Å². The summed E-state index contributed by atoms with van der Waals surface area (Å²) in [5.41, 5.74) is -1.18. The van der Waals surface area contributed by atoms with Crippen LogP contribution in [-0.2, 0) is 14.2 Å². The predicted octanol–water partition coefficient (Wildman–Crippen LogP) is 2.26. The van der Waals surface area contributed by atoms with E-state index >= 15 is 0 Å². The summed E-state index contributed by atoms with van der Waals surface area (Å²) in [4.78, 5) is 11.0. The quantitative estimate of drug-likeness (QED) is 0.225. The molecule has 5 rings (SSSR count). The molecule has 0 aromatic rings. The number of hydrogen-bond acceptors (Lipinski definition) is 9. The van der Waals surface area contributed by atoms with Crippen molar-refractivity contribution in [1.29, 1.82) is 0 Å². The Balaban J connectivity index is 1.29. The lowest BCUT2D eigenvalue weighted by Crippen LogP contribution is -2.63. The van der Waals surface area contributed by atoms with E-state index in [1.165, 1.54) is 0 Å². The van der Waals surface area contributed by atoms with Gasteiger partial charge in [-0.2, -0.15) is 0 Å². The minimum Gasteiger partial charge on any atom is -0.389 e. The maximum atomic E-state index is 12.3. The highest BCUT2D eigenvalue weighted by atomic mass is 16.7. The van der Waals surface area contributed by atoms with Gasteiger partial charge in [0.25, 0.3) is 0 Å². The first-order chi connectivity index (χ1) is 17.9. The maximum Gasteiger partial charge on any atom is 0.229 e. The largest absolute Gasteiger partial charge is 0.389 e. The molecule has 4 saturated carbocycles. The van der Waals surface area contributed by atoms with Gasteiger partial charge >= 0.3 is 0 Å². The summed E-state index contributed by atoms with van der Waals surface area (Å²) >= 11 is 0. The molecule has 5 fully saturated rings. The molecule has 0 aromatic heterocycles. The number of hydrogen-bond donors (Lipinski definition) is 4. The Morgan fingerprint density at radius 2 is 1.74 bits per heavy atom. The molecular weight excluding hydrogens is 494 g/mol. The van der Waals surface area contributed by atoms with Crippen LogP contribution in [0.25, 0.3) is 0 Å². The Morgan fingerprint density at radius 1 is 1.00 bits per heavy atom. The van der Waals surface area contributed by atoms with E-state index in [0.717, 1.165) is 51.4 Å². The predicted molar refractivity (Wildman–Crippen MR) is 137 cm³/mol. The lowest BCUT2D eigenvalue weighted by Gasteiger charge is -2.64. The van der Waals surface area contributed by atoms with Gasteiger partial charge in [0.1, 0.15) is 24.4 Å². The molecule has 0 spiro atoms. The van der Waals surface area contributed by atoms with Gasteiger partial charge in [-0.1, -0.05) is 13.8 Å². The highest BCUT2D eigenvalue weighted by Crippen LogP contribution is 2.69. The van der Waals surface area contributed by atoms with Crippen LogP contribution in [0.4, 0.5) is 0 Å². The molecular formula is C28H47NO9. The van der Waals surface area contributed by atoms with E-state index in [-0.39, 0.29) is 34.8 Å². The molecule has 1 saturated heterocycles. The van der Waals surface area contributed by atoms with E-state index in [1.807, 2.05) is 0 Å². The molecule has 4 unspecified atom stereocenters. The van der Waals surface area contributed by atoms with Gasteiger partial charge in [-0.3, -0.25) is 10.1 Å². The molecule has 38 heavy (non-hydrogen) atoms. The van der Waals surface area contributed by atoms with Crippen LogP contribution in [0.2, 0.25) is 0 Å². The van der Waals surface area contributed by atoms with Gasteiger partial charge in [0.05, 0.1) is 17.8 Å². The molecule has 14 atom stereocenters. The minimum absolute atomic E-state index is 0.0308. The molecule has 218 valence electrons. The second-order valence-corrected chi connectivity index (χ2v) is 13.5. The normalized spacial score (nSPS) is 53.5. The van der Waals surface area contributed by atoms with Crippen LogP contribution in [0, 0.1) is 44.6 Å². The molecule has 1 aliphatic heterocycles. The van der Waals surface area contributed by atoms with E-state index in [0.29, 0.717) is 18.3 Å². The topological polar surface area (TPSA) is 152 Å². The zero-order chi connectivity index (χ0) is 27.6. The summed E-state index contributed by atoms with van der Waals surface area (Å²) in [5.74, 6) is 0.933. The van der Waals surface area contributed by atoms with Crippen molar-refractivity contribution in [3.63, 3.8) is 0 Å². The van der Waals surface area contributed by atoms with Crippen LogP contribution in [-0.4, -0.2) is 87.5 Å². The van der Waals surface area contributed by atoms with E-state index in [9.17, 15) is 30.5 Å². The summed E-state index contributed by atoms with van der Waals surface area (Å²) in [5, 5.41) is 54.3. The van der Waals surface area contributed by atoms with Gasteiger partial charge < -0.3 is 34.6 Å². The fourth-order valence-electron chi connectivity index (χ4n) is 9.78. The van der Waals surface area contributed by atoms with Crippen molar-refractivity contribution < 1.29 is 39.6 Å². The number of nitro groups is 1. The number of aliphatic hydroxyl groups excluding tert-OH is 3. The number of nitrogens with zero attached hydrogens (tertiary/aromatic N) is 1. The highest BCUT2D eigenvalue weighted by molar-refractivity contribution is 5.17. The van der Waals surface area contributed by atoms with Gasteiger partial charge in [0.2, 0.25) is 6.54 Å². The number of fused-ring (bicyclic) bond motifs is 5. The van der Waals surface area contributed by atoms with Gasteiger partial charge in [-0.25, -0.2) is 0 Å². The third-order valence-electron chi connectivity index (χ3n) is 12.1. The van der Waals surface area contributed by atoms with Crippen molar-refractivity contribution in [2.75, 3.05) is 13.7 Å². The lowest BCUT2D eigenvalue weighted by molar-refractivity contribution is -0.494. The number of ether oxygens (including phenoxy) is 3. The Kier molecular flexibility index (Phi) is 7.68. The molecule has 0 bridgehead atoms. The van der Waals surface area contributed by atoms with Crippen LogP contribution in [0.5, 0.6) is 0 Å². The van der Waals surface area contributed by atoms with Crippen LogP contribution in [0.1, 0.15) is 78.6 Å². The first-order valence-corrected chi connectivity index (χ1v) is 14.6. The van der Waals surface area contributed by atoms with Crippen LogP contribution < -0.4 is 0 Å². The van der Waals surface area contributed by atoms with E-state index in [2.05, 4.69) is 13.8 Å². The van der Waals surface area contributed by atoms with Crippen molar-refractivity contribution in [2.24, 2.45) is 34.5 Å². The average Bonchev–Trinajstić information content (AvgIpc) is 3.15. The molecule has 10 nitrogen and oxygen atoms in total. The second-order valence-electron chi connectivity index (χ2n) is 13.5. The average molecular weight is 542 g/mol. The zero-order valence-corrected chi connectivity index (χ0v) is 23.2. The monoisotopic (exact) mass is 541 g/mol. The van der Waals surface area contributed by atoms with E-state index < -0.39 is 47.8 Å². The first kappa shape index (κ1) is 28.6. The number of rotatable bonds is 6.